The number of hydrogen-bond acceptors (Lipinski definition) is 4. The van der Waals surface area contributed by atoms with Crippen molar-refractivity contribution in [2.24, 2.45) is 0 Å². The number of rotatable bonds is 3. The van der Waals surface area contributed by atoms with E-state index in [1.54, 1.807) is 4.57 Å². The summed E-state index contributed by atoms with van der Waals surface area (Å²) in [5, 5.41) is 10.4. The van der Waals surface area contributed by atoms with Gasteiger partial charge in [-0.15, -0.1) is 0 Å². The van der Waals surface area contributed by atoms with Gasteiger partial charge in [-0.3, -0.25) is 4.57 Å². The molecule has 70 valence electrons. The van der Waals surface area contributed by atoms with Crippen LogP contribution in [0.25, 0.3) is 0 Å². The standard InChI is InChI=1S/C6H6IN3O3/c7-6-8-5(10(11)12)2-9(6)1-4-3-13-4/h2,4H,1,3H2/t4-/m0/s1. The van der Waals surface area contributed by atoms with Gasteiger partial charge in [0, 0.05) is 22.6 Å². The number of nitro groups is 1. The Hall–Kier alpha value is -0.700. The van der Waals surface area contributed by atoms with E-state index in [0.29, 0.717) is 10.4 Å². The molecule has 1 aliphatic heterocycles. The van der Waals surface area contributed by atoms with Crippen molar-refractivity contribution in [2.45, 2.75) is 12.6 Å². The van der Waals surface area contributed by atoms with Gasteiger partial charge in [-0.1, -0.05) is 0 Å². The minimum atomic E-state index is -0.494. The van der Waals surface area contributed by atoms with Gasteiger partial charge in [0.1, 0.15) is 6.20 Å². The fraction of sp³-hybridized carbons (Fsp3) is 0.500. The predicted molar refractivity (Wildman–Crippen MR) is 51.3 cm³/mol. The highest BCUT2D eigenvalue weighted by molar-refractivity contribution is 14.1. The molecule has 1 aromatic rings. The van der Waals surface area contributed by atoms with Crippen LogP contribution in [-0.4, -0.2) is 27.2 Å². The number of imidazole rings is 1. The molecule has 0 spiro atoms. The van der Waals surface area contributed by atoms with Gasteiger partial charge in [0.05, 0.1) is 19.3 Å². The second kappa shape index (κ2) is 3.22. The Morgan fingerprint density at radius 2 is 2.62 bits per heavy atom. The van der Waals surface area contributed by atoms with Crippen molar-refractivity contribution in [1.29, 1.82) is 0 Å². The lowest BCUT2D eigenvalue weighted by atomic mass is 10.5. The van der Waals surface area contributed by atoms with Crippen molar-refractivity contribution in [1.82, 2.24) is 9.55 Å². The molecule has 0 aromatic carbocycles. The summed E-state index contributed by atoms with van der Waals surface area (Å²) >= 11 is 1.97. The van der Waals surface area contributed by atoms with E-state index in [1.807, 2.05) is 22.6 Å². The molecule has 7 heteroatoms. The Kier molecular flexibility index (Phi) is 2.20. The topological polar surface area (TPSA) is 73.5 Å². The third-order valence-corrected chi connectivity index (χ3v) is 2.57. The second-order valence-electron chi connectivity index (χ2n) is 2.73. The van der Waals surface area contributed by atoms with Crippen LogP contribution < -0.4 is 0 Å². The van der Waals surface area contributed by atoms with Crippen LogP contribution in [0.5, 0.6) is 0 Å². The average molecular weight is 295 g/mol. The van der Waals surface area contributed by atoms with E-state index in [-0.39, 0.29) is 11.9 Å². The highest BCUT2D eigenvalue weighted by atomic mass is 127. The van der Waals surface area contributed by atoms with Crippen LogP contribution >= 0.6 is 22.6 Å². The van der Waals surface area contributed by atoms with Gasteiger partial charge in [-0.25, -0.2) is 0 Å². The largest absolute Gasteiger partial charge is 0.382 e. The first kappa shape index (κ1) is 8.88. The van der Waals surface area contributed by atoms with E-state index in [2.05, 4.69) is 4.98 Å². The van der Waals surface area contributed by atoms with Gasteiger partial charge in [-0.05, 0) is 9.91 Å². The lowest BCUT2D eigenvalue weighted by molar-refractivity contribution is -0.389. The molecular weight excluding hydrogens is 289 g/mol. The number of epoxide rings is 1. The lowest BCUT2D eigenvalue weighted by Gasteiger charge is -1.94. The lowest BCUT2D eigenvalue weighted by Crippen LogP contribution is -2.04. The zero-order valence-electron chi connectivity index (χ0n) is 6.51. The van der Waals surface area contributed by atoms with Crippen LogP contribution in [0.4, 0.5) is 5.82 Å². The molecule has 0 unspecified atom stereocenters. The molecule has 0 bridgehead atoms. The van der Waals surface area contributed by atoms with E-state index in [4.69, 9.17) is 4.74 Å². The number of halogens is 1. The van der Waals surface area contributed by atoms with E-state index in [1.165, 1.54) is 6.20 Å². The zero-order chi connectivity index (χ0) is 9.42. The summed E-state index contributed by atoms with van der Waals surface area (Å²) in [5.74, 6) is -0.106. The summed E-state index contributed by atoms with van der Waals surface area (Å²) in [7, 11) is 0. The summed E-state index contributed by atoms with van der Waals surface area (Å²) in [6.45, 7) is 1.39. The molecule has 0 N–H and O–H groups in total. The molecule has 0 amide bonds. The predicted octanol–water partition coefficient (Wildman–Crippen LogP) is 0.795. The van der Waals surface area contributed by atoms with Gasteiger partial charge >= 0.3 is 5.82 Å². The summed E-state index contributed by atoms with van der Waals surface area (Å²) in [4.78, 5) is 13.7. The Balaban J connectivity index is 2.18. The number of hydrogen-bond donors (Lipinski definition) is 0. The number of ether oxygens (including phenoxy) is 1. The summed E-state index contributed by atoms with van der Waals surface area (Å²) in [6, 6.07) is 0. The Morgan fingerprint density at radius 1 is 1.92 bits per heavy atom. The third kappa shape index (κ3) is 1.97. The van der Waals surface area contributed by atoms with Crippen molar-refractivity contribution in [3.63, 3.8) is 0 Å². The fourth-order valence-corrected chi connectivity index (χ4v) is 1.57. The molecule has 13 heavy (non-hydrogen) atoms. The van der Waals surface area contributed by atoms with Crippen molar-refractivity contribution in [3.05, 3.63) is 20.1 Å². The maximum absolute atomic E-state index is 10.4. The molecule has 0 aliphatic carbocycles. The maximum atomic E-state index is 10.4. The third-order valence-electron chi connectivity index (χ3n) is 1.70. The van der Waals surface area contributed by atoms with E-state index < -0.39 is 4.92 Å². The molecule has 2 heterocycles. The Labute approximate surface area is 87.2 Å². The smallest absolute Gasteiger partial charge is 0.371 e. The van der Waals surface area contributed by atoms with Crippen LogP contribution in [-0.2, 0) is 11.3 Å². The average Bonchev–Trinajstić information content (AvgIpc) is 2.78. The monoisotopic (exact) mass is 295 g/mol. The highest BCUT2D eigenvalue weighted by Crippen LogP contribution is 2.17. The molecule has 1 saturated heterocycles. The quantitative estimate of drug-likeness (QED) is 0.358. The molecule has 1 aromatic heterocycles. The molecule has 6 nitrogen and oxygen atoms in total. The first-order valence-corrected chi connectivity index (χ1v) is 4.73. The maximum Gasteiger partial charge on any atom is 0.382 e. The van der Waals surface area contributed by atoms with Crippen LogP contribution in [0, 0.1) is 13.9 Å². The molecule has 2 rings (SSSR count). The van der Waals surface area contributed by atoms with E-state index in [9.17, 15) is 10.1 Å². The van der Waals surface area contributed by atoms with Gasteiger partial charge < -0.3 is 14.9 Å². The van der Waals surface area contributed by atoms with Crippen LogP contribution in [0.2, 0.25) is 0 Å². The van der Waals surface area contributed by atoms with Gasteiger partial charge in [0.15, 0.2) is 0 Å². The summed E-state index contributed by atoms with van der Waals surface area (Å²) in [5.41, 5.74) is 0. The molecule has 0 saturated carbocycles. The molecule has 0 radical (unpaired) electrons. The Morgan fingerprint density at radius 3 is 3.08 bits per heavy atom. The van der Waals surface area contributed by atoms with E-state index >= 15 is 0 Å². The van der Waals surface area contributed by atoms with Crippen LogP contribution in [0.1, 0.15) is 0 Å². The van der Waals surface area contributed by atoms with Crippen molar-refractivity contribution < 1.29 is 9.66 Å². The summed E-state index contributed by atoms with van der Waals surface area (Å²) in [6.07, 6.45) is 1.64. The fourth-order valence-electron chi connectivity index (χ4n) is 0.989. The van der Waals surface area contributed by atoms with Gasteiger partial charge in [-0.2, -0.15) is 0 Å². The van der Waals surface area contributed by atoms with Crippen molar-refractivity contribution >= 4 is 28.4 Å². The minimum absolute atomic E-state index is 0.106. The van der Waals surface area contributed by atoms with Crippen LogP contribution in [0.15, 0.2) is 6.20 Å². The highest BCUT2D eigenvalue weighted by Gasteiger charge is 2.26. The summed E-state index contributed by atoms with van der Waals surface area (Å²) < 4.78 is 7.37. The number of aromatic nitrogens is 2. The van der Waals surface area contributed by atoms with Gasteiger partial charge in [0.2, 0.25) is 0 Å². The van der Waals surface area contributed by atoms with Crippen molar-refractivity contribution in [2.75, 3.05) is 6.61 Å². The minimum Gasteiger partial charge on any atom is -0.371 e. The molecule has 1 aliphatic rings. The van der Waals surface area contributed by atoms with E-state index in [0.717, 1.165) is 6.61 Å². The molecular formula is C6H6IN3O3. The van der Waals surface area contributed by atoms with Crippen molar-refractivity contribution in [3.8, 4) is 0 Å². The first-order chi connectivity index (χ1) is 6.16. The first-order valence-electron chi connectivity index (χ1n) is 3.65. The SMILES string of the molecule is O=[N+]([O-])c1cn(C[C@H]2CO2)c(I)n1. The normalized spacial score (nSPS) is 20.2. The van der Waals surface area contributed by atoms with Gasteiger partial charge in [0.25, 0.3) is 3.83 Å². The van der Waals surface area contributed by atoms with Crippen LogP contribution in [0.3, 0.4) is 0 Å². The molecule has 1 fully saturated rings. The Bertz CT molecular complexity index is 347. The second-order valence-corrected chi connectivity index (χ2v) is 3.70. The zero-order valence-corrected chi connectivity index (χ0v) is 8.67. The number of nitrogens with zero attached hydrogens (tertiary/aromatic N) is 3. The molecule has 1 atom stereocenters.